The molecule has 0 atom stereocenters. The van der Waals surface area contributed by atoms with Gasteiger partial charge in [-0.15, -0.1) is 0 Å². The molecule has 0 saturated carbocycles. The van der Waals surface area contributed by atoms with Crippen LogP contribution in [0.1, 0.15) is 0 Å². The standard InChI is InChI=1S/C53H36B2N4/c1-4-20-39(21-5-1)54-43-27-10-13-30-46(43)58(42-26-16-18-37(34-42)38-19-17-33-56-36-38)49-35-50-52-53(51(49)54)59(41-24-8-3-9-25-41)48-32-15-12-29-45(48)55(52)44-28-11-14-31-47(44)57(50)40-22-6-2-7-23-40/h1-36H. The van der Waals surface area contributed by atoms with E-state index in [0.717, 1.165) is 33.9 Å². The molecule has 0 spiro atoms. The van der Waals surface area contributed by atoms with Gasteiger partial charge in [-0.2, -0.15) is 0 Å². The highest BCUT2D eigenvalue weighted by atomic mass is 15.2. The lowest BCUT2D eigenvalue weighted by atomic mass is 9.30. The zero-order chi connectivity index (χ0) is 38.9. The third kappa shape index (κ3) is 5.16. The SMILES string of the molecule is c1ccc(B2c3ccccc3N(c3cccc(-c4cccnc4)c3)c3cc4c5c(c32)N(c2ccccc2)c2ccccc2B5c2ccccc2N4c2ccccc2)cc1. The number of benzene rings is 8. The summed E-state index contributed by atoms with van der Waals surface area (Å²) in [5.41, 5.74) is 20.5. The smallest absolute Gasteiger partial charge is 0.252 e. The lowest BCUT2D eigenvalue weighted by Crippen LogP contribution is -2.66. The monoisotopic (exact) mass is 750 g/mol. The molecular formula is C53H36B2N4. The van der Waals surface area contributed by atoms with E-state index < -0.39 is 0 Å². The van der Waals surface area contributed by atoms with Crippen molar-refractivity contribution in [3.8, 4) is 11.1 Å². The predicted molar refractivity (Wildman–Crippen MR) is 249 cm³/mol. The molecule has 0 bridgehead atoms. The van der Waals surface area contributed by atoms with E-state index in [0.29, 0.717) is 0 Å². The lowest BCUT2D eigenvalue weighted by molar-refractivity contribution is 1.23. The van der Waals surface area contributed by atoms with Gasteiger partial charge in [0.2, 0.25) is 6.71 Å². The van der Waals surface area contributed by atoms with Gasteiger partial charge in [0.25, 0.3) is 6.71 Å². The van der Waals surface area contributed by atoms with E-state index in [2.05, 4.69) is 220 Å². The van der Waals surface area contributed by atoms with Crippen LogP contribution in [0.5, 0.6) is 0 Å². The number of hydrogen-bond acceptors (Lipinski definition) is 4. The largest absolute Gasteiger partial charge is 0.312 e. The molecule has 0 fully saturated rings. The van der Waals surface area contributed by atoms with Crippen LogP contribution in [0.4, 0.5) is 51.2 Å². The Bertz CT molecular complexity index is 3020. The van der Waals surface area contributed by atoms with Crippen LogP contribution in [0.15, 0.2) is 219 Å². The molecule has 4 nitrogen and oxygen atoms in total. The van der Waals surface area contributed by atoms with Crippen molar-refractivity contribution >= 4 is 97.4 Å². The van der Waals surface area contributed by atoms with E-state index >= 15 is 0 Å². The summed E-state index contributed by atoms with van der Waals surface area (Å²) >= 11 is 0. The van der Waals surface area contributed by atoms with Crippen LogP contribution in [0.25, 0.3) is 11.1 Å². The van der Waals surface area contributed by atoms with Crippen molar-refractivity contribution in [3.05, 3.63) is 219 Å². The van der Waals surface area contributed by atoms with Crippen molar-refractivity contribution < 1.29 is 0 Å². The fourth-order valence-electron chi connectivity index (χ4n) is 10.0. The molecule has 0 N–H and O–H groups in total. The van der Waals surface area contributed by atoms with Gasteiger partial charge in [0, 0.05) is 69.1 Å². The van der Waals surface area contributed by atoms with Crippen molar-refractivity contribution in [1.82, 2.24) is 4.98 Å². The van der Waals surface area contributed by atoms with E-state index in [4.69, 9.17) is 0 Å². The van der Waals surface area contributed by atoms with Crippen LogP contribution in [-0.4, -0.2) is 18.4 Å². The van der Waals surface area contributed by atoms with Crippen molar-refractivity contribution in [2.45, 2.75) is 0 Å². The molecule has 0 unspecified atom stereocenters. The molecule has 1 aromatic heterocycles. The third-order valence-electron chi connectivity index (χ3n) is 12.3. The Balaban J connectivity index is 1.26. The number of hydrogen-bond donors (Lipinski definition) is 0. The first kappa shape index (κ1) is 33.6. The van der Waals surface area contributed by atoms with Gasteiger partial charge < -0.3 is 14.7 Å². The summed E-state index contributed by atoms with van der Waals surface area (Å²) in [6.07, 6.45) is 3.79. The summed E-state index contributed by atoms with van der Waals surface area (Å²) in [4.78, 5) is 12.1. The minimum Gasteiger partial charge on any atom is -0.312 e. The summed E-state index contributed by atoms with van der Waals surface area (Å²) in [5, 5.41) is 0. The first-order valence-electron chi connectivity index (χ1n) is 20.4. The van der Waals surface area contributed by atoms with Crippen LogP contribution < -0.4 is 47.5 Å². The van der Waals surface area contributed by atoms with E-state index in [-0.39, 0.29) is 13.4 Å². The maximum atomic E-state index is 4.49. The highest BCUT2D eigenvalue weighted by Gasteiger charge is 2.48. The van der Waals surface area contributed by atoms with E-state index in [1.165, 1.54) is 61.2 Å². The number of pyridine rings is 1. The van der Waals surface area contributed by atoms with Gasteiger partial charge >= 0.3 is 0 Å². The Hall–Kier alpha value is -7.56. The van der Waals surface area contributed by atoms with Crippen LogP contribution in [0, 0.1) is 0 Å². The normalized spacial score (nSPS) is 13.3. The summed E-state index contributed by atoms with van der Waals surface area (Å²) in [5.74, 6) is 0. The minimum atomic E-state index is -0.0556. The molecule has 6 heteroatoms. The molecule has 12 rings (SSSR count). The molecular weight excluding hydrogens is 714 g/mol. The molecule has 0 radical (unpaired) electrons. The first-order chi connectivity index (χ1) is 29.3. The number of fused-ring (bicyclic) bond motifs is 7. The number of para-hydroxylation sites is 5. The Morgan fingerprint density at radius 2 is 0.814 bits per heavy atom. The fraction of sp³-hybridized carbons (Fsp3) is 0. The quantitative estimate of drug-likeness (QED) is 0.164. The van der Waals surface area contributed by atoms with Crippen molar-refractivity contribution in [3.63, 3.8) is 0 Å². The van der Waals surface area contributed by atoms with Crippen molar-refractivity contribution in [2.75, 3.05) is 14.7 Å². The van der Waals surface area contributed by atoms with E-state index in [1.807, 2.05) is 18.5 Å². The highest BCUT2D eigenvalue weighted by Crippen LogP contribution is 2.48. The van der Waals surface area contributed by atoms with Gasteiger partial charge in [-0.1, -0.05) is 145 Å². The average Bonchev–Trinajstić information content (AvgIpc) is 3.31. The molecule has 3 aliphatic rings. The Labute approximate surface area is 345 Å². The van der Waals surface area contributed by atoms with Crippen molar-refractivity contribution in [2.24, 2.45) is 0 Å². The Morgan fingerprint density at radius 3 is 1.42 bits per heavy atom. The molecule has 0 saturated heterocycles. The van der Waals surface area contributed by atoms with Crippen molar-refractivity contribution in [1.29, 1.82) is 0 Å². The topological polar surface area (TPSA) is 22.6 Å². The zero-order valence-corrected chi connectivity index (χ0v) is 32.2. The predicted octanol–water partition coefficient (Wildman–Crippen LogP) is 9.13. The van der Waals surface area contributed by atoms with E-state index in [9.17, 15) is 0 Å². The van der Waals surface area contributed by atoms with Crippen LogP contribution >= 0.6 is 0 Å². The lowest BCUT2D eigenvalue weighted by Gasteiger charge is -2.48. The van der Waals surface area contributed by atoms with Crippen LogP contribution in [0.2, 0.25) is 0 Å². The summed E-state index contributed by atoms with van der Waals surface area (Å²) in [6, 6.07) is 75.7. The average molecular weight is 751 g/mol. The maximum absolute atomic E-state index is 4.49. The molecule has 0 aliphatic carbocycles. The van der Waals surface area contributed by atoms with E-state index in [1.54, 1.807) is 0 Å². The number of nitrogens with zero attached hydrogens (tertiary/aromatic N) is 4. The molecule has 9 aromatic rings. The number of anilines is 9. The number of rotatable bonds is 5. The van der Waals surface area contributed by atoms with Gasteiger partial charge in [0.15, 0.2) is 0 Å². The van der Waals surface area contributed by atoms with Gasteiger partial charge in [-0.05, 0) is 99.6 Å². The summed E-state index contributed by atoms with van der Waals surface area (Å²) < 4.78 is 0. The highest BCUT2D eigenvalue weighted by molar-refractivity contribution is 7.03. The first-order valence-corrected chi connectivity index (χ1v) is 20.4. The second kappa shape index (κ2) is 13.5. The molecule has 0 amide bonds. The Morgan fingerprint density at radius 1 is 0.339 bits per heavy atom. The van der Waals surface area contributed by atoms with Gasteiger partial charge in [0.1, 0.15) is 0 Å². The summed E-state index contributed by atoms with van der Waals surface area (Å²) in [7, 11) is 0. The molecule has 4 heterocycles. The summed E-state index contributed by atoms with van der Waals surface area (Å²) in [6.45, 7) is -0.0477. The second-order valence-electron chi connectivity index (χ2n) is 15.5. The van der Waals surface area contributed by atoms with Gasteiger partial charge in [-0.25, -0.2) is 0 Å². The molecule has 59 heavy (non-hydrogen) atoms. The zero-order valence-electron chi connectivity index (χ0n) is 32.2. The fourth-order valence-corrected chi connectivity index (χ4v) is 10.0. The maximum Gasteiger partial charge on any atom is 0.252 e. The molecule has 274 valence electrons. The van der Waals surface area contributed by atoms with Gasteiger partial charge in [-0.3, -0.25) is 4.98 Å². The second-order valence-corrected chi connectivity index (χ2v) is 15.5. The number of aromatic nitrogens is 1. The van der Waals surface area contributed by atoms with Crippen LogP contribution in [0.3, 0.4) is 0 Å². The molecule has 8 aromatic carbocycles. The minimum absolute atomic E-state index is 0.00794. The van der Waals surface area contributed by atoms with Crippen LogP contribution in [-0.2, 0) is 0 Å². The third-order valence-corrected chi connectivity index (χ3v) is 12.3. The van der Waals surface area contributed by atoms with Gasteiger partial charge in [0.05, 0.1) is 0 Å². The molecule has 3 aliphatic heterocycles. The Kier molecular flexibility index (Phi) is 7.70.